The molecule has 1 aromatic heterocycles. The highest BCUT2D eigenvalue weighted by Crippen LogP contribution is 2.32. The van der Waals surface area contributed by atoms with E-state index in [9.17, 15) is 13.5 Å². The van der Waals surface area contributed by atoms with Gasteiger partial charge < -0.3 is 5.11 Å². The van der Waals surface area contributed by atoms with E-state index >= 15 is 0 Å². The molecule has 2 aromatic carbocycles. The van der Waals surface area contributed by atoms with E-state index < -0.39 is 15.6 Å². The van der Waals surface area contributed by atoms with Crippen molar-refractivity contribution in [2.45, 2.75) is 12.5 Å². The molecule has 0 amide bonds. The van der Waals surface area contributed by atoms with E-state index in [0.29, 0.717) is 0 Å². The van der Waals surface area contributed by atoms with Crippen LogP contribution < -0.4 is 4.72 Å². The van der Waals surface area contributed by atoms with E-state index in [4.69, 9.17) is 0 Å². The molecule has 0 radical (unpaired) electrons. The fourth-order valence-corrected chi connectivity index (χ4v) is 4.38. The minimum Gasteiger partial charge on any atom is -0.383 e. The van der Waals surface area contributed by atoms with Crippen LogP contribution in [0.1, 0.15) is 17.4 Å². The zero-order chi connectivity index (χ0) is 17.9. The van der Waals surface area contributed by atoms with Crippen LogP contribution in [0.2, 0.25) is 0 Å². The van der Waals surface area contributed by atoms with Gasteiger partial charge in [0.15, 0.2) is 0 Å². The predicted molar refractivity (Wildman–Crippen MR) is 104 cm³/mol. The summed E-state index contributed by atoms with van der Waals surface area (Å²) in [6.45, 7) is 1.52. The molecule has 1 atom stereocenters. The summed E-state index contributed by atoms with van der Waals surface area (Å²) in [4.78, 5) is 0.725. The van der Waals surface area contributed by atoms with Crippen LogP contribution in [0.15, 0.2) is 66.1 Å². The van der Waals surface area contributed by atoms with Crippen LogP contribution >= 0.6 is 11.3 Å². The molecule has 0 fully saturated rings. The SMILES string of the molecule is C[C@@](O)(CNS(=O)(=O)/C=C/c1ccccc1)c1cc2ccccc2s1. The van der Waals surface area contributed by atoms with Gasteiger partial charge in [-0.1, -0.05) is 48.5 Å². The third-order valence-electron chi connectivity index (χ3n) is 3.81. The van der Waals surface area contributed by atoms with Crippen LogP contribution in [-0.4, -0.2) is 20.1 Å². The fraction of sp³-hybridized carbons (Fsp3) is 0.158. The second-order valence-corrected chi connectivity index (χ2v) is 8.74. The van der Waals surface area contributed by atoms with Gasteiger partial charge in [0.05, 0.1) is 0 Å². The van der Waals surface area contributed by atoms with Crippen molar-refractivity contribution >= 4 is 37.5 Å². The van der Waals surface area contributed by atoms with Gasteiger partial charge in [-0.3, -0.25) is 0 Å². The van der Waals surface area contributed by atoms with Crippen molar-refractivity contribution in [1.29, 1.82) is 0 Å². The van der Waals surface area contributed by atoms with Gasteiger partial charge in [-0.25, -0.2) is 13.1 Å². The molecule has 6 heteroatoms. The van der Waals surface area contributed by atoms with E-state index in [1.54, 1.807) is 6.92 Å². The first-order valence-corrected chi connectivity index (χ1v) is 10.2. The molecule has 0 aliphatic heterocycles. The Balaban J connectivity index is 1.71. The van der Waals surface area contributed by atoms with Crippen molar-refractivity contribution in [3.05, 3.63) is 76.5 Å². The smallest absolute Gasteiger partial charge is 0.233 e. The molecule has 0 aliphatic carbocycles. The number of sulfonamides is 1. The molecule has 130 valence electrons. The Labute approximate surface area is 151 Å². The van der Waals surface area contributed by atoms with Gasteiger partial charge in [-0.15, -0.1) is 11.3 Å². The largest absolute Gasteiger partial charge is 0.383 e. The molecule has 25 heavy (non-hydrogen) atoms. The Morgan fingerprint density at radius 3 is 2.52 bits per heavy atom. The monoisotopic (exact) mass is 373 g/mol. The van der Waals surface area contributed by atoms with E-state index in [1.165, 1.54) is 17.4 Å². The van der Waals surface area contributed by atoms with Gasteiger partial charge in [-0.2, -0.15) is 0 Å². The summed E-state index contributed by atoms with van der Waals surface area (Å²) in [5, 5.41) is 12.8. The lowest BCUT2D eigenvalue weighted by Crippen LogP contribution is -2.37. The lowest BCUT2D eigenvalue weighted by molar-refractivity contribution is 0.0667. The minimum absolute atomic E-state index is 0.0959. The lowest BCUT2D eigenvalue weighted by atomic mass is 10.1. The number of benzene rings is 2. The van der Waals surface area contributed by atoms with Crippen molar-refractivity contribution in [3.63, 3.8) is 0 Å². The Morgan fingerprint density at radius 2 is 1.80 bits per heavy atom. The molecule has 1 heterocycles. The zero-order valence-electron chi connectivity index (χ0n) is 13.7. The first-order chi connectivity index (χ1) is 11.9. The molecule has 3 aromatic rings. The number of aliphatic hydroxyl groups is 1. The standard InChI is InChI=1S/C19H19NO3S2/c1-19(21,18-13-16-9-5-6-10-17(16)24-18)14-20-25(22,23)12-11-15-7-3-2-4-8-15/h2-13,20-21H,14H2,1H3/b12-11+/t19-/m1/s1. The summed E-state index contributed by atoms with van der Waals surface area (Å²) in [7, 11) is -3.64. The highest BCUT2D eigenvalue weighted by atomic mass is 32.2. The number of fused-ring (bicyclic) bond motifs is 1. The number of nitrogens with one attached hydrogen (secondary N) is 1. The maximum Gasteiger partial charge on any atom is 0.233 e. The Morgan fingerprint density at radius 1 is 1.12 bits per heavy atom. The normalized spacial score (nSPS) is 14.8. The maximum atomic E-state index is 12.1. The van der Waals surface area contributed by atoms with Crippen LogP contribution in [0.5, 0.6) is 0 Å². The third kappa shape index (κ3) is 4.55. The molecule has 0 spiro atoms. The average molecular weight is 373 g/mol. The second-order valence-electron chi connectivity index (χ2n) is 6.00. The Hall–Kier alpha value is -1.99. The average Bonchev–Trinajstić information content (AvgIpc) is 3.05. The van der Waals surface area contributed by atoms with Gasteiger partial charge in [0.2, 0.25) is 10.0 Å². The maximum absolute atomic E-state index is 12.1. The van der Waals surface area contributed by atoms with Crippen LogP contribution in [0.3, 0.4) is 0 Å². The molecular formula is C19H19NO3S2. The number of rotatable bonds is 6. The molecular weight excluding hydrogens is 354 g/mol. The van der Waals surface area contributed by atoms with Gasteiger partial charge in [-0.05, 0) is 36.1 Å². The summed E-state index contributed by atoms with van der Waals surface area (Å²) >= 11 is 1.46. The van der Waals surface area contributed by atoms with Crippen LogP contribution in [0, 0.1) is 0 Å². The van der Waals surface area contributed by atoms with E-state index in [-0.39, 0.29) is 6.54 Å². The van der Waals surface area contributed by atoms with Crippen molar-refractivity contribution in [1.82, 2.24) is 4.72 Å². The minimum atomic E-state index is -3.64. The number of thiophene rings is 1. The van der Waals surface area contributed by atoms with E-state index in [0.717, 1.165) is 25.9 Å². The first kappa shape index (κ1) is 17.8. The van der Waals surface area contributed by atoms with Gasteiger partial charge in [0.25, 0.3) is 0 Å². The van der Waals surface area contributed by atoms with Gasteiger partial charge in [0.1, 0.15) is 5.60 Å². The molecule has 4 nitrogen and oxygen atoms in total. The molecule has 0 saturated heterocycles. The van der Waals surface area contributed by atoms with Crippen LogP contribution in [0.4, 0.5) is 0 Å². The zero-order valence-corrected chi connectivity index (χ0v) is 15.3. The summed E-state index contributed by atoms with van der Waals surface area (Å²) in [5.41, 5.74) is -0.485. The molecule has 0 bridgehead atoms. The van der Waals surface area contributed by atoms with Gasteiger partial charge >= 0.3 is 0 Å². The Bertz CT molecular complexity index is 957. The van der Waals surface area contributed by atoms with Crippen LogP contribution in [-0.2, 0) is 15.6 Å². The van der Waals surface area contributed by atoms with Gasteiger partial charge in [0, 0.05) is 21.5 Å². The van der Waals surface area contributed by atoms with Crippen molar-refractivity contribution in [3.8, 4) is 0 Å². The highest BCUT2D eigenvalue weighted by molar-refractivity contribution is 7.92. The van der Waals surface area contributed by atoms with E-state index in [2.05, 4.69) is 4.72 Å². The van der Waals surface area contributed by atoms with Crippen molar-refractivity contribution < 1.29 is 13.5 Å². The quantitative estimate of drug-likeness (QED) is 0.692. The Kier molecular flexibility index (Phi) is 5.06. The highest BCUT2D eigenvalue weighted by Gasteiger charge is 2.27. The summed E-state index contributed by atoms with van der Waals surface area (Å²) < 4.78 is 27.8. The first-order valence-electron chi connectivity index (χ1n) is 7.80. The summed E-state index contributed by atoms with van der Waals surface area (Å²) in [5.74, 6) is 0. The van der Waals surface area contributed by atoms with Crippen molar-refractivity contribution in [2.75, 3.05) is 6.54 Å². The topological polar surface area (TPSA) is 66.4 Å². The second kappa shape index (κ2) is 7.09. The molecule has 0 unspecified atom stereocenters. The van der Waals surface area contributed by atoms with E-state index in [1.807, 2.05) is 60.7 Å². The lowest BCUT2D eigenvalue weighted by Gasteiger charge is -2.21. The molecule has 0 aliphatic rings. The molecule has 3 rings (SSSR count). The third-order valence-corrected chi connectivity index (χ3v) is 6.22. The molecule has 0 saturated carbocycles. The summed E-state index contributed by atoms with van der Waals surface area (Å²) in [6.07, 6.45) is 1.52. The summed E-state index contributed by atoms with van der Waals surface area (Å²) in [6, 6.07) is 18.9. The fourth-order valence-electron chi connectivity index (χ4n) is 2.36. The van der Waals surface area contributed by atoms with Crippen LogP contribution in [0.25, 0.3) is 16.2 Å². The molecule has 2 N–H and O–H groups in total. The predicted octanol–water partition coefficient (Wildman–Crippen LogP) is 3.70. The number of hydrogen-bond donors (Lipinski definition) is 2. The van der Waals surface area contributed by atoms with Crippen molar-refractivity contribution in [2.24, 2.45) is 0 Å². The number of hydrogen-bond acceptors (Lipinski definition) is 4.